The molecule has 6 nitrogen and oxygen atoms in total. The minimum Gasteiger partial charge on any atom is -0.457 e. The van der Waals surface area contributed by atoms with Crippen LogP contribution in [0.15, 0.2) is 182 Å². The molecule has 0 aliphatic carbocycles. The predicted octanol–water partition coefficient (Wildman–Crippen LogP) is 15.6. The van der Waals surface area contributed by atoms with Crippen LogP contribution in [0.4, 0.5) is 22.7 Å². The van der Waals surface area contributed by atoms with Gasteiger partial charge in [-0.25, -0.2) is 4.98 Å². The first-order valence-electron chi connectivity index (χ1n) is 25.6. The summed E-state index contributed by atoms with van der Waals surface area (Å²) in [4.78, 5) is 9.59. The Morgan fingerprint density at radius 1 is 0.554 bits per heavy atom. The fourth-order valence-corrected chi connectivity index (χ4v) is 9.16. The van der Waals surface area contributed by atoms with Crippen LogP contribution in [-0.4, -0.2) is 20.8 Å². The fraction of sp³-hybridized carbons (Fsp3) is 0.169. The third-order valence-corrected chi connectivity index (χ3v) is 12.6. The molecule has 11 rings (SSSR count). The number of aryl methyl sites for hydroxylation is 1. The van der Waals surface area contributed by atoms with Gasteiger partial charge in [0.05, 0.1) is 44.6 Å². The molecule has 0 amide bonds. The molecule has 6 heteroatoms. The lowest BCUT2D eigenvalue weighted by atomic mass is 9.82. The number of hydrogen-bond donors (Lipinski definition) is 0. The Labute approximate surface area is 391 Å². The molecule has 320 valence electrons. The topological polar surface area (TPSA) is 38.5 Å². The number of aromatic nitrogens is 3. The lowest BCUT2D eigenvalue weighted by Crippen LogP contribution is -2.26. The van der Waals surface area contributed by atoms with Crippen LogP contribution in [-0.2, 0) is 17.8 Å². The van der Waals surface area contributed by atoms with Crippen LogP contribution in [0.2, 0.25) is 0 Å². The molecule has 0 radical (unpaired) electrons. The molecule has 8 aromatic carbocycles. The molecule has 1 aliphatic heterocycles. The van der Waals surface area contributed by atoms with E-state index < -0.39 is 13.0 Å². The molecule has 0 unspecified atom stereocenters. The van der Waals surface area contributed by atoms with Crippen LogP contribution in [0.1, 0.15) is 62.3 Å². The molecule has 10 aromatic rings. The highest BCUT2D eigenvalue weighted by molar-refractivity contribution is 6.09. The number of para-hydroxylation sites is 5. The summed E-state index contributed by atoms with van der Waals surface area (Å²) >= 11 is 0. The number of hydrogen-bond acceptors (Lipinski definition) is 4. The summed E-state index contributed by atoms with van der Waals surface area (Å²) < 4.78 is 71.1. The highest BCUT2D eigenvalue weighted by Gasteiger charge is 2.33. The molecule has 0 fully saturated rings. The smallest absolute Gasteiger partial charge is 0.215 e. The van der Waals surface area contributed by atoms with E-state index in [9.17, 15) is 0 Å². The third kappa shape index (κ3) is 7.01. The maximum atomic E-state index is 9.17. The van der Waals surface area contributed by atoms with E-state index in [0.29, 0.717) is 40.1 Å². The highest BCUT2D eigenvalue weighted by Crippen LogP contribution is 2.52. The van der Waals surface area contributed by atoms with E-state index in [1.165, 1.54) is 10.1 Å². The molecule has 0 N–H and O–H groups in total. The van der Waals surface area contributed by atoms with Crippen LogP contribution >= 0.6 is 0 Å². The quantitative estimate of drug-likeness (QED) is 0.160. The highest BCUT2D eigenvalue weighted by atomic mass is 16.5. The SMILES string of the molecule is [2H]c1c([2H])c([2H])c2c(c1[2H])c1ccc(Oc3cc(N4CN(c5c(-c6ccccc6)cc(C(C)(C)C)cc5-c5ccccc5)c5ccccc54)cc(C(C)(C)C)c3)cc1n2-c1nc2ccccc2n1C([2H])([2H])[2H]. The van der Waals surface area contributed by atoms with Gasteiger partial charge in [0.25, 0.3) is 0 Å². The number of ether oxygens (including phenoxy) is 1. The predicted molar refractivity (Wildman–Crippen MR) is 272 cm³/mol. The largest absolute Gasteiger partial charge is 0.457 e. The van der Waals surface area contributed by atoms with E-state index in [4.69, 9.17) is 19.3 Å². The number of imidazole rings is 1. The Morgan fingerprint density at radius 3 is 1.85 bits per heavy atom. The standard InChI is InChI=1S/C59H53N5O/c1-58(2,3)41-32-43(36-45(33-41)65-44-30-31-47-46-24-14-16-26-51(46)64(55(47)37-44)57-60-50-25-15-17-27-52(50)61(57)7)62-38-63(54-29-19-18-28-53(54)62)56-48(39-20-10-8-11-21-39)34-42(59(4,5)6)35-49(56)40-22-12-9-13-23-40/h8-37H,38H2,1-7H3/i7D3,14D,16D,24D,26D. The Morgan fingerprint density at radius 2 is 1.17 bits per heavy atom. The average molecular weight is 855 g/mol. The fourth-order valence-electron chi connectivity index (χ4n) is 9.16. The Kier molecular flexibility index (Phi) is 7.77. The summed E-state index contributed by atoms with van der Waals surface area (Å²) in [6, 6.07) is 51.7. The number of fused-ring (bicyclic) bond motifs is 5. The Balaban J connectivity index is 1.08. The molecule has 0 bridgehead atoms. The molecule has 1 aliphatic rings. The Hall–Kier alpha value is -7.57. The molecule has 0 atom stereocenters. The maximum absolute atomic E-state index is 9.17. The zero-order valence-electron chi connectivity index (χ0n) is 44.4. The van der Waals surface area contributed by atoms with Crippen LogP contribution < -0.4 is 14.5 Å². The third-order valence-electron chi connectivity index (χ3n) is 12.6. The molecular formula is C59H53N5O. The van der Waals surface area contributed by atoms with Gasteiger partial charge in [0.1, 0.15) is 18.2 Å². The van der Waals surface area contributed by atoms with Gasteiger partial charge in [-0.05, 0) is 99.8 Å². The summed E-state index contributed by atoms with van der Waals surface area (Å²) in [5, 5.41) is 0.742. The van der Waals surface area contributed by atoms with Gasteiger partial charge >= 0.3 is 0 Å². The van der Waals surface area contributed by atoms with Crippen LogP contribution in [0.3, 0.4) is 0 Å². The summed E-state index contributed by atoms with van der Waals surface area (Å²) in [7, 11) is 0. The normalized spacial score (nSPS) is 14.8. The van der Waals surface area contributed by atoms with Gasteiger partial charge in [-0.1, -0.05) is 145 Å². The second kappa shape index (κ2) is 15.3. The van der Waals surface area contributed by atoms with Crippen molar-refractivity contribution < 1.29 is 14.3 Å². The van der Waals surface area contributed by atoms with Crippen LogP contribution in [0.25, 0.3) is 61.0 Å². The van der Waals surface area contributed by atoms with Crippen molar-refractivity contribution in [1.82, 2.24) is 14.1 Å². The van der Waals surface area contributed by atoms with E-state index in [-0.39, 0.29) is 45.8 Å². The van der Waals surface area contributed by atoms with Crippen molar-refractivity contribution >= 4 is 55.6 Å². The van der Waals surface area contributed by atoms with E-state index >= 15 is 0 Å². The zero-order valence-corrected chi connectivity index (χ0v) is 37.4. The number of benzene rings is 8. The lowest BCUT2D eigenvalue weighted by molar-refractivity contribution is 0.479. The minimum atomic E-state index is -2.69. The van der Waals surface area contributed by atoms with E-state index in [1.807, 2.05) is 12.1 Å². The van der Waals surface area contributed by atoms with Gasteiger partial charge in [0.15, 0.2) is 0 Å². The monoisotopic (exact) mass is 854 g/mol. The summed E-state index contributed by atoms with van der Waals surface area (Å²) in [5.41, 5.74) is 11.8. The van der Waals surface area contributed by atoms with Crippen molar-refractivity contribution in [3.05, 3.63) is 193 Å². The van der Waals surface area contributed by atoms with Crippen molar-refractivity contribution in [2.75, 3.05) is 16.5 Å². The number of rotatable bonds is 7. The zero-order chi connectivity index (χ0) is 50.6. The average Bonchev–Trinajstić information content (AvgIpc) is 4.05. The number of nitrogens with zero attached hydrogens (tertiary/aromatic N) is 5. The first-order valence-corrected chi connectivity index (χ1v) is 22.1. The molecule has 0 saturated carbocycles. The molecule has 0 saturated heterocycles. The van der Waals surface area contributed by atoms with Crippen molar-refractivity contribution in [2.24, 2.45) is 6.98 Å². The van der Waals surface area contributed by atoms with Gasteiger partial charge in [-0.3, -0.25) is 4.57 Å². The first-order chi connectivity index (χ1) is 34.3. The summed E-state index contributed by atoms with van der Waals surface area (Å²) in [5.74, 6) is 0.975. The van der Waals surface area contributed by atoms with Crippen molar-refractivity contribution in [2.45, 2.75) is 52.4 Å². The van der Waals surface area contributed by atoms with Crippen molar-refractivity contribution in [3.8, 4) is 39.7 Å². The molecular weight excluding hydrogens is 795 g/mol. The maximum Gasteiger partial charge on any atom is 0.215 e. The van der Waals surface area contributed by atoms with E-state index in [2.05, 4.69) is 154 Å². The van der Waals surface area contributed by atoms with Crippen molar-refractivity contribution in [3.63, 3.8) is 0 Å². The van der Waals surface area contributed by atoms with Crippen LogP contribution in [0.5, 0.6) is 11.5 Å². The molecule has 2 aromatic heterocycles. The van der Waals surface area contributed by atoms with Gasteiger partial charge < -0.3 is 19.1 Å². The molecule has 0 spiro atoms. The number of anilines is 4. The van der Waals surface area contributed by atoms with Gasteiger partial charge in [-0.2, -0.15) is 0 Å². The van der Waals surface area contributed by atoms with Gasteiger partial charge in [0.2, 0.25) is 5.95 Å². The second-order valence-corrected chi connectivity index (χ2v) is 18.9. The first kappa shape index (κ1) is 33.0. The van der Waals surface area contributed by atoms with Gasteiger partial charge in [0, 0.05) is 50.8 Å². The summed E-state index contributed by atoms with van der Waals surface area (Å²) in [6.45, 7) is 11.1. The van der Waals surface area contributed by atoms with Crippen molar-refractivity contribution in [1.29, 1.82) is 0 Å². The van der Waals surface area contributed by atoms with Crippen LogP contribution in [0, 0.1) is 0 Å². The Bertz CT molecular complexity index is 3710. The van der Waals surface area contributed by atoms with E-state index in [1.54, 1.807) is 42.5 Å². The second-order valence-electron chi connectivity index (χ2n) is 18.9. The summed E-state index contributed by atoms with van der Waals surface area (Å²) in [6.07, 6.45) is 0. The lowest BCUT2D eigenvalue weighted by Gasteiger charge is -2.30. The molecule has 3 heterocycles. The molecule has 65 heavy (non-hydrogen) atoms. The van der Waals surface area contributed by atoms with E-state index in [0.717, 1.165) is 55.1 Å². The van der Waals surface area contributed by atoms with Gasteiger partial charge in [-0.15, -0.1) is 0 Å². The minimum absolute atomic E-state index is 0.00783.